The minimum absolute atomic E-state index is 0.0494. The van der Waals surface area contributed by atoms with Gasteiger partial charge in [0, 0.05) is 23.7 Å². The smallest absolute Gasteiger partial charge is 0.292 e. The van der Waals surface area contributed by atoms with Gasteiger partial charge in [-0.05, 0) is 32.2 Å². The number of nitrogens with zero attached hydrogens (tertiary/aromatic N) is 4. The number of nitrogens with two attached hydrogens (primary N) is 1. The van der Waals surface area contributed by atoms with Gasteiger partial charge in [-0.3, -0.25) is 9.69 Å². The molecule has 2 aromatic rings. The number of anilines is 1. The molecule has 1 saturated carbocycles. The Morgan fingerprint density at radius 3 is 3.09 bits per heavy atom. The number of nitrogen functional groups attached to an aromatic ring is 1. The van der Waals surface area contributed by atoms with Crippen LogP contribution in [-0.2, 0) is 6.54 Å². The van der Waals surface area contributed by atoms with Gasteiger partial charge in [0.15, 0.2) is 5.13 Å². The van der Waals surface area contributed by atoms with Crippen molar-refractivity contribution in [1.29, 1.82) is 0 Å². The molecule has 4 rings (SSSR count). The molecule has 23 heavy (non-hydrogen) atoms. The average Bonchev–Trinajstić information content (AvgIpc) is 2.96. The zero-order valence-corrected chi connectivity index (χ0v) is 13.4. The molecule has 1 aliphatic carbocycles. The van der Waals surface area contributed by atoms with E-state index in [1.54, 1.807) is 6.20 Å². The Balaban J connectivity index is 1.45. The van der Waals surface area contributed by atoms with Crippen molar-refractivity contribution in [3.05, 3.63) is 22.8 Å². The summed E-state index contributed by atoms with van der Waals surface area (Å²) in [4.78, 5) is 23.7. The highest BCUT2D eigenvalue weighted by Crippen LogP contribution is 2.33. The van der Waals surface area contributed by atoms with E-state index in [1.165, 1.54) is 11.3 Å². The summed E-state index contributed by atoms with van der Waals surface area (Å²) in [7, 11) is 0. The number of nitrogens with one attached hydrogen (secondary N) is 1. The lowest BCUT2D eigenvalue weighted by Gasteiger charge is -2.20. The Kier molecular flexibility index (Phi) is 3.74. The molecule has 0 spiro atoms. The second kappa shape index (κ2) is 5.89. The lowest BCUT2D eigenvalue weighted by atomic mass is 10.2. The van der Waals surface area contributed by atoms with Crippen LogP contribution in [0.3, 0.4) is 0 Å². The summed E-state index contributed by atoms with van der Waals surface area (Å²) in [6.07, 6.45) is 5.87. The maximum atomic E-state index is 12.0. The first kappa shape index (κ1) is 14.6. The summed E-state index contributed by atoms with van der Waals surface area (Å²) < 4.78 is 5.34. The zero-order valence-electron chi connectivity index (χ0n) is 12.6. The summed E-state index contributed by atoms with van der Waals surface area (Å²) in [5.41, 5.74) is 5.68. The van der Waals surface area contributed by atoms with Gasteiger partial charge in [-0.2, -0.15) is 4.98 Å². The molecule has 0 aromatic carbocycles. The van der Waals surface area contributed by atoms with Gasteiger partial charge in [0.25, 0.3) is 11.7 Å². The Bertz CT molecular complexity index is 710. The van der Waals surface area contributed by atoms with Crippen LogP contribution in [-0.4, -0.2) is 38.5 Å². The van der Waals surface area contributed by atoms with Crippen LogP contribution in [0.2, 0.25) is 0 Å². The molecule has 122 valence electrons. The predicted octanol–water partition coefficient (Wildman–Crippen LogP) is 1.34. The van der Waals surface area contributed by atoms with E-state index in [0.717, 1.165) is 43.6 Å². The molecule has 1 aliphatic heterocycles. The minimum Gasteiger partial charge on any atom is -0.375 e. The highest BCUT2D eigenvalue weighted by Gasteiger charge is 2.32. The first-order valence-electron chi connectivity index (χ1n) is 7.78. The van der Waals surface area contributed by atoms with Gasteiger partial charge in [-0.1, -0.05) is 5.16 Å². The van der Waals surface area contributed by atoms with Crippen LogP contribution in [0.25, 0.3) is 0 Å². The van der Waals surface area contributed by atoms with Crippen LogP contribution in [0.15, 0.2) is 10.7 Å². The number of aromatic nitrogens is 3. The molecule has 1 saturated heterocycles. The van der Waals surface area contributed by atoms with Gasteiger partial charge < -0.3 is 15.6 Å². The summed E-state index contributed by atoms with van der Waals surface area (Å²) in [6.45, 7) is 1.71. The van der Waals surface area contributed by atoms with Crippen molar-refractivity contribution >= 4 is 22.4 Å². The van der Waals surface area contributed by atoms with Gasteiger partial charge in [0.1, 0.15) is 0 Å². The van der Waals surface area contributed by atoms with Crippen molar-refractivity contribution in [2.45, 2.75) is 44.3 Å². The minimum atomic E-state index is -0.248. The highest BCUT2D eigenvalue weighted by molar-refractivity contribution is 7.15. The van der Waals surface area contributed by atoms with Crippen LogP contribution in [0, 0.1) is 0 Å². The van der Waals surface area contributed by atoms with E-state index in [9.17, 15) is 4.79 Å². The molecule has 1 unspecified atom stereocenters. The fraction of sp³-hybridized carbons (Fsp3) is 0.571. The van der Waals surface area contributed by atoms with Crippen molar-refractivity contribution in [2.24, 2.45) is 0 Å². The van der Waals surface area contributed by atoms with E-state index in [1.807, 2.05) is 0 Å². The zero-order chi connectivity index (χ0) is 15.8. The lowest BCUT2D eigenvalue weighted by Crippen LogP contribution is -2.26. The van der Waals surface area contributed by atoms with Crippen LogP contribution < -0.4 is 11.1 Å². The van der Waals surface area contributed by atoms with Crippen LogP contribution in [0.4, 0.5) is 5.13 Å². The molecule has 9 heteroatoms. The Labute approximate surface area is 137 Å². The third-order valence-electron chi connectivity index (χ3n) is 4.14. The van der Waals surface area contributed by atoms with E-state index < -0.39 is 0 Å². The first-order valence-corrected chi connectivity index (χ1v) is 8.59. The number of rotatable bonds is 5. The van der Waals surface area contributed by atoms with Crippen molar-refractivity contribution in [3.63, 3.8) is 0 Å². The monoisotopic (exact) mass is 334 g/mol. The van der Waals surface area contributed by atoms with Crippen LogP contribution in [0.1, 0.15) is 53.1 Å². The molecule has 1 atom stereocenters. The van der Waals surface area contributed by atoms with Crippen LogP contribution >= 0.6 is 11.3 Å². The predicted molar refractivity (Wildman–Crippen MR) is 83.7 cm³/mol. The van der Waals surface area contributed by atoms with Gasteiger partial charge >= 0.3 is 0 Å². The lowest BCUT2D eigenvalue weighted by molar-refractivity contribution is 0.0937. The second-order valence-corrected chi connectivity index (χ2v) is 7.14. The maximum Gasteiger partial charge on any atom is 0.292 e. The quantitative estimate of drug-likeness (QED) is 0.849. The molecular weight excluding hydrogens is 316 g/mol. The van der Waals surface area contributed by atoms with E-state index in [2.05, 4.69) is 25.3 Å². The normalized spacial score (nSPS) is 21.7. The molecule has 0 bridgehead atoms. The number of amides is 1. The van der Waals surface area contributed by atoms with Crippen molar-refractivity contribution < 1.29 is 9.32 Å². The Morgan fingerprint density at radius 2 is 2.35 bits per heavy atom. The Morgan fingerprint density at radius 1 is 1.48 bits per heavy atom. The first-order chi connectivity index (χ1) is 11.2. The van der Waals surface area contributed by atoms with E-state index >= 15 is 0 Å². The summed E-state index contributed by atoms with van der Waals surface area (Å²) >= 11 is 1.49. The number of carbonyl (C=O) groups excluding carboxylic acids is 1. The standard InChI is InChI=1S/C14H18N6O2S/c15-14-16-6-9(23-14)7-20-5-1-2-10(20)13-18-11(19-22-13)12(21)17-8-3-4-8/h6,8,10H,1-5,7H2,(H2,15,16)(H,17,21). The fourth-order valence-electron chi connectivity index (χ4n) is 2.83. The van der Waals surface area contributed by atoms with Gasteiger partial charge in [0.05, 0.1) is 6.04 Å². The molecule has 8 nitrogen and oxygen atoms in total. The SMILES string of the molecule is Nc1ncc(CN2CCCC2c2nc(C(=O)NC3CC3)no2)s1. The number of hydrogen-bond donors (Lipinski definition) is 2. The van der Waals surface area contributed by atoms with Crippen molar-refractivity contribution in [2.75, 3.05) is 12.3 Å². The largest absolute Gasteiger partial charge is 0.375 e. The highest BCUT2D eigenvalue weighted by atomic mass is 32.1. The molecule has 1 amide bonds. The van der Waals surface area contributed by atoms with E-state index in [4.69, 9.17) is 10.3 Å². The van der Waals surface area contributed by atoms with Crippen molar-refractivity contribution in [1.82, 2.24) is 25.3 Å². The molecule has 3 N–H and O–H groups in total. The maximum absolute atomic E-state index is 12.0. The fourth-order valence-corrected chi connectivity index (χ4v) is 3.54. The van der Waals surface area contributed by atoms with Gasteiger partial charge in [-0.25, -0.2) is 4.98 Å². The number of hydrogen-bond acceptors (Lipinski definition) is 8. The van der Waals surface area contributed by atoms with Crippen LogP contribution in [0.5, 0.6) is 0 Å². The summed E-state index contributed by atoms with van der Waals surface area (Å²) in [6, 6.07) is 0.331. The molecule has 2 aromatic heterocycles. The number of carbonyl (C=O) groups is 1. The average molecular weight is 334 g/mol. The molecule has 3 heterocycles. The number of likely N-dealkylation sites (tertiary alicyclic amines) is 1. The van der Waals surface area contributed by atoms with Gasteiger partial charge in [-0.15, -0.1) is 11.3 Å². The number of thiazole rings is 1. The third-order valence-corrected chi connectivity index (χ3v) is 4.95. The molecule has 2 fully saturated rings. The molecular formula is C14H18N6O2S. The third kappa shape index (κ3) is 3.20. The van der Waals surface area contributed by atoms with E-state index in [-0.39, 0.29) is 23.8 Å². The van der Waals surface area contributed by atoms with Crippen molar-refractivity contribution in [3.8, 4) is 0 Å². The second-order valence-electron chi connectivity index (χ2n) is 6.00. The topological polar surface area (TPSA) is 110 Å². The molecule has 2 aliphatic rings. The Hall–Kier alpha value is -2.00. The molecule has 0 radical (unpaired) electrons. The van der Waals surface area contributed by atoms with E-state index in [0.29, 0.717) is 11.0 Å². The summed E-state index contributed by atoms with van der Waals surface area (Å²) in [5, 5.41) is 7.28. The van der Waals surface area contributed by atoms with Gasteiger partial charge in [0.2, 0.25) is 5.89 Å². The summed E-state index contributed by atoms with van der Waals surface area (Å²) in [5.74, 6) is 0.393.